The van der Waals surface area contributed by atoms with E-state index >= 15 is 0 Å². The second kappa shape index (κ2) is 5.93. The Morgan fingerprint density at radius 1 is 1.18 bits per heavy atom. The van der Waals surface area contributed by atoms with Crippen molar-refractivity contribution in [2.45, 2.75) is 27.2 Å². The number of para-hydroxylation sites is 2. The van der Waals surface area contributed by atoms with Crippen molar-refractivity contribution in [2.24, 2.45) is 0 Å². The van der Waals surface area contributed by atoms with Gasteiger partial charge in [0.05, 0.1) is 18.2 Å². The molecule has 4 nitrogen and oxygen atoms in total. The second-order valence-electron chi connectivity index (χ2n) is 5.13. The number of fused-ring (bicyclic) bond motifs is 1. The van der Waals surface area contributed by atoms with E-state index in [0.717, 1.165) is 39.7 Å². The average Bonchev–Trinajstić information content (AvgIpc) is 2.82. The van der Waals surface area contributed by atoms with Gasteiger partial charge in [0.2, 0.25) is 0 Å². The Kier molecular flexibility index (Phi) is 3.98. The van der Waals surface area contributed by atoms with Gasteiger partial charge in [0.1, 0.15) is 22.2 Å². The van der Waals surface area contributed by atoms with Crippen LogP contribution in [0.25, 0.3) is 10.2 Å². The summed E-state index contributed by atoms with van der Waals surface area (Å²) in [6, 6.07) is 7.87. The van der Waals surface area contributed by atoms with E-state index in [1.807, 2.05) is 24.3 Å². The van der Waals surface area contributed by atoms with Gasteiger partial charge in [0.25, 0.3) is 0 Å². The summed E-state index contributed by atoms with van der Waals surface area (Å²) in [5.74, 6) is 2.51. The van der Waals surface area contributed by atoms with E-state index in [9.17, 15) is 0 Å². The molecule has 2 aromatic heterocycles. The Hall–Kier alpha value is -2.14. The Balaban J connectivity index is 2.16. The molecule has 3 rings (SSSR count). The van der Waals surface area contributed by atoms with Gasteiger partial charge in [0.15, 0.2) is 0 Å². The summed E-state index contributed by atoms with van der Waals surface area (Å²) in [6.07, 6.45) is 0.812. The normalized spacial score (nSPS) is 10.9. The van der Waals surface area contributed by atoms with Crippen molar-refractivity contribution >= 4 is 33.1 Å². The number of hydrogen-bond acceptors (Lipinski definition) is 5. The lowest BCUT2D eigenvalue weighted by molar-refractivity contribution is 0.417. The predicted molar refractivity (Wildman–Crippen MR) is 92.5 cm³/mol. The molecule has 3 aromatic rings. The molecule has 5 heteroatoms. The summed E-state index contributed by atoms with van der Waals surface area (Å²) in [5, 5.41) is 4.53. The van der Waals surface area contributed by atoms with Gasteiger partial charge in [-0.25, -0.2) is 9.97 Å². The molecule has 0 bridgehead atoms. The van der Waals surface area contributed by atoms with E-state index in [2.05, 4.69) is 31.1 Å². The van der Waals surface area contributed by atoms with Crippen molar-refractivity contribution in [2.75, 3.05) is 12.4 Å². The number of nitrogens with zero attached hydrogens (tertiary/aromatic N) is 2. The van der Waals surface area contributed by atoms with Gasteiger partial charge in [-0.15, -0.1) is 11.3 Å². The molecular formula is C17H19N3OS. The minimum absolute atomic E-state index is 0.803. The third-order valence-corrected chi connectivity index (χ3v) is 4.85. The summed E-state index contributed by atoms with van der Waals surface area (Å²) < 4.78 is 5.42. The van der Waals surface area contributed by atoms with Crippen molar-refractivity contribution in [1.29, 1.82) is 0 Å². The summed E-state index contributed by atoms with van der Waals surface area (Å²) >= 11 is 1.72. The Morgan fingerprint density at radius 3 is 2.68 bits per heavy atom. The molecule has 1 aromatic carbocycles. The molecule has 0 aliphatic heterocycles. The molecule has 0 atom stereocenters. The molecule has 0 aliphatic rings. The van der Waals surface area contributed by atoms with Crippen LogP contribution in [0.4, 0.5) is 11.5 Å². The van der Waals surface area contributed by atoms with E-state index in [-0.39, 0.29) is 0 Å². The van der Waals surface area contributed by atoms with Crippen molar-refractivity contribution in [3.05, 3.63) is 40.5 Å². The number of aryl methyl sites for hydroxylation is 3. The molecular weight excluding hydrogens is 294 g/mol. The largest absolute Gasteiger partial charge is 0.495 e. The zero-order chi connectivity index (χ0) is 15.7. The molecule has 0 unspecified atom stereocenters. The van der Waals surface area contributed by atoms with Crippen molar-refractivity contribution in [1.82, 2.24) is 9.97 Å². The van der Waals surface area contributed by atoms with Gasteiger partial charge in [-0.2, -0.15) is 0 Å². The number of hydrogen-bond donors (Lipinski definition) is 1. The van der Waals surface area contributed by atoms with E-state index in [1.165, 1.54) is 10.4 Å². The first-order valence-electron chi connectivity index (χ1n) is 7.30. The van der Waals surface area contributed by atoms with Gasteiger partial charge in [-0.1, -0.05) is 19.1 Å². The molecule has 0 radical (unpaired) electrons. The fraction of sp³-hybridized carbons (Fsp3) is 0.294. The van der Waals surface area contributed by atoms with E-state index < -0.39 is 0 Å². The number of thiophene rings is 1. The lowest BCUT2D eigenvalue weighted by Gasteiger charge is -2.12. The number of ether oxygens (including phenoxy) is 1. The van der Waals surface area contributed by atoms with E-state index in [4.69, 9.17) is 9.72 Å². The molecule has 0 saturated heterocycles. The monoisotopic (exact) mass is 313 g/mol. The minimum atomic E-state index is 0.803. The average molecular weight is 313 g/mol. The summed E-state index contributed by atoms with van der Waals surface area (Å²) in [6.45, 7) is 6.32. The number of anilines is 2. The highest BCUT2D eigenvalue weighted by atomic mass is 32.1. The molecule has 1 N–H and O–H groups in total. The topological polar surface area (TPSA) is 47.0 Å². The second-order valence-corrected chi connectivity index (χ2v) is 6.33. The van der Waals surface area contributed by atoms with Crippen molar-refractivity contribution in [3.63, 3.8) is 0 Å². The maximum Gasteiger partial charge on any atom is 0.143 e. The maximum absolute atomic E-state index is 5.42. The van der Waals surface area contributed by atoms with Crippen LogP contribution in [0.2, 0.25) is 0 Å². The summed E-state index contributed by atoms with van der Waals surface area (Å²) in [5.41, 5.74) is 2.15. The van der Waals surface area contributed by atoms with Crippen molar-refractivity contribution < 1.29 is 4.74 Å². The molecule has 22 heavy (non-hydrogen) atoms. The van der Waals surface area contributed by atoms with E-state index in [1.54, 1.807) is 18.4 Å². The summed E-state index contributed by atoms with van der Waals surface area (Å²) in [4.78, 5) is 11.7. The minimum Gasteiger partial charge on any atom is -0.495 e. The molecule has 114 valence electrons. The third kappa shape index (κ3) is 2.52. The van der Waals surface area contributed by atoms with Crippen LogP contribution in [0.1, 0.15) is 23.2 Å². The molecule has 0 aliphatic carbocycles. The highest BCUT2D eigenvalue weighted by molar-refractivity contribution is 7.18. The lowest BCUT2D eigenvalue weighted by Crippen LogP contribution is -2.01. The van der Waals surface area contributed by atoms with Crippen LogP contribution in [0.5, 0.6) is 5.75 Å². The maximum atomic E-state index is 5.42. The van der Waals surface area contributed by atoms with Gasteiger partial charge < -0.3 is 10.1 Å². The standard InChI is InChI=1S/C17H19N3OS/c1-5-14-19-16(15-10(2)11(3)22-17(15)20-14)18-12-8-6-7-9-13(12)21-4/h6-9H,5H2,1-4H3,(H,18,19,20). The van der Waals surface area contributed by atoms with Crippen LogP contribution in [-0.4, -0.2) is 17.1 Å². The molecule has 0 spiro atoms. The fourth-order valence-corrected chi connectivity index (χ4v) is 3.47. The molecule has 0 saturated carbocycles. The summed E-state index contributed by atoms with van der Waals surface area (Å²) in [7, 11) is 1.67. The SMILES string of the molecule is CCc1nc(Nc2ccccc2OC)c2c(C)c(C)sc2n1. The molecule has 2 heterocycles. The predicted octanol–water partition coefficient (Wildman–Crippen LogP) is 4.62. The highest BCUT2D eigenvalue weighted by Crippen LogP contribution is 2.36. The number of aromatic nitrogens is 2. The molecule has 0 fully saturated rings. The van der Waals surface area contributed by atoms with Crippen LogP contribution in [-0.2, 0) is 6.42 Å². The molecule has 0 amide bonds. The van der Waals surface area contributed by atoms with Crippen LogP contribution >= 0.6 is 11.3 Å². The van der Waals surface area contributed by atoms with Gasteiger partial charge >= 0.3 is 0 Å². The number of rotatable bonds is 4. The van der Waals surface area contributed by atoms with Crippen LogP contribution in [0.3, 0.4) is 0 Å². The zero-order valence-corrected chi connectivity index (χ0v) is 14.0. The van der Waals surface area contributed by atoms with Crippen LogP contribution in [0, 0.1) is 13.8 Å². The fourth-order valence-electron chi connectivity index (χ4n) is 2.42. The smallest absolute Gasteiger partial charge is 0.143 e. The van der Waals surface area contributed by atoms with Crippen molar-refractivity contribution in [3.8, 4) is 5.75 Å². The van der Waals surface area contributed by atoms with Crippen LogP contribution in [0.15, 0.2) is 24.3 Å². The van der Waals surface area contributed by atoms with Crippen LogP contribution < -0.4 is 10.1 Å². The van der Waals surface area contributed by atoms with E-state index in [0.29, 0.717) is 0 Å². The number of methoxy groups -OCH3 is 1. The first-order chi connectivity index (χ1) is 10.6. The van der Waals surface area contributed by atoms with Gasteiger partial charge in [-0.3, -0.25) is 0 Å². The Labute approximate surface area is 134 Å². The lowest BCUT2D eigenvalue weighted by atomic mass is 10.2. The van der Waals surface area contributed by atoms with Gasteiger partial charge in [0, 0.05) is 11.3 Å². The highest BCUT2D eigenvalue weighted by Gasteiger charge is 2.15. The third-order valence-electron chi connectivity index (χ3n) is 3.75. The Bertz CT molecular complexity index is 826. The quantitative estimate of drug-likeness (QED) is 0.763. The first kappa shape index (κ1) is 14.8. The Morgan fingerprint density at radius 2 is 1.95 bits per heavy atom. The van der Waals surface area contributed by atoms with Gasteiger partial charge in [-0.05, 0) is 31.5 Å². The number of nitrogens with one attached hydrogen (secondary N) is 1. The number of benzene rings is 1. The first-order valence-corrected chi connectivity index (χ1v) is 8.12. The zero-order valence-electron chi connectivity index (χ0n) is 13.2.